The van der Waals surface area contributed by atoms with E-state index in [1.54, 1.807) is 36.4 Å². The van der Waals surface area contributed by atoms with Gasteiger partial charge >= 0.3 is 0 Å². The van der Waals surface area contributed by atoms with E-state index in [2.05, 4.69) is 9.98 Å². The second kappa shape index (κ2) is 7.25. The lowest BCUT2D eigenvalue weighted by Crippen LogP contribution is -1.93. The Morgan fingerprint density at radius 3 is 2.79 bits per heavy atom. The third-order valence-electron chi connectivity index (χ3n) is 4.21. The van der Waals surface area contributed by atoms with Crippen LogP contribution in [0.4, 0.5) is 11.4 Å². The van der Waals surface area contributed by atoms with Crippen molar-refractivity contribution < 1.29 is 9.34 Å². The second-order valence-electron chi connectivity index (χ2n) is 6.23. The lowest BCUT2D eigenvalue weighted by molar-refractivity contribution is -0.385. The van der Waals surface area contributed by atoms with E-state index in [0.717, 1.165) is 11.1 Å². The number of halogens is 1. The number of hydrogen-bond acceptors (Lipinski definition) is 5. The summed E-state index contributed by atoms with van der Waals surface area (Å²) in [7, 11) is 0. The number of nitro groups is 1. The number of aromatic nitrogens is 1. The van der Waals surface area contributed by atoms with E-state index in [4.69, 9.17) is 16.0 Å². The van der Waals surface area contributed by atoms with Gasteiger partial charge in [0.05, 0.1) is 26.8 Å². The van der Waals surface area contributed by atoms with Crippen LogP contribution in [0, 0.1) is 17.0 Å². The fourth-order valence-corrected chi connectivity index (χ4v) is 3.02. The Hall–Kier alpha value is -3.51. The van der Waals surface area contributed by atoms with Crippen LogP contribution < -0.4 is 0 Å². The van der Waals surface area contributed by atoms with Crippen LogP contribution in [0.1, 0.15) is 11.1 Å². The van der Waals surface area contributed by atoms with Crippen molar-refractivity contribution in [2.75, 3.05) is 0 Å². The first-order valence-corrected chi connectivity index (χ1v) is 8.84. The van der Waals surface area contributed by atoms with Gasteiger partial charge in [-0.25, -0.2) is 4.98 Å². The predicted molar refractivity (Wildman–Crippen MR) is 110 cm³/mol. The van der Waals surface area contributed by atoms with Crippen LogP contribution in [0.3, 0.4) is 0 Å². The van der Waals surface area contributed by atoms with Crippen molar-refractivity contribution in [1.82, 2.24) is 4.98 Å². The number of aryl methyl sites for hydroxylation is 1. The van der Waals surface area contributed by atoms with E-state index < -0.39 is 4.92 Å². The highest BCUT2D eigenvalue weighted by Crippen LogP contribution is 2.33. The van der Waals surface area contributed by atoms with Gasteiger partial charge in [0.25, 0.3) is 5.69 Å². The molecule has 1 aromatic heterocycles. The number of aliphatic imine (C=N–C) groups is 1. The Labute approximate surface area is 165 Å². The maximum absolute atomic E-state index is 11.1. The topological polar surface area (TPSA) is 81.5 Å². The van der Waals surface area contributed by atoms with E-state index in [9.17, 15) is 10.1 Å². The molecule has 138 valence electrons. The minimum absolute atomic E-state index is 0.00485. The summed E-state index contributed by atoms with van der Waals surface area (Å²) in [5, 5.41) is 11.6. The van der Waals surface area contributed by atoms with Crippen LogP contribution in [-0.2, 0) is 0 Å². The van der Waals surface area contributed by atoms with Crippen LogP contribution >= 0.6 is 11.6 Å². The normalized spacial score (nSPS) is 11.4. The zero-order valence-corrected chi connectivity index (χ0v) is 15.6. The molecule has 3 aromatic carbocycles. The summed E-state index contributed by atoms with van der Waals surface area (Å²) >= 11 is 6.33. The molecule has 6 nitrogen and oxygen atoms in total. The van der Waals surface area contributed by atoms with Crippen LogP contribution in [-0.4, -0.2) is 16.1 Å². The Kier molecular flexibility index (Phi) is 4.63. The maximum Gasteiger partial charge on any atom is 0.278 e. The fourth-order valence-electron chi connectivity index (χ4n) is 2.82. The molecule has 0 aliphatic heterocycles. The largest absolute Gasteiger partial charge is 0.436 e. The zero-order chi connectivity index (χ0) is 19.7. The molecule has 0 spiro atoms. The van der Waals surface area contributed by atoms with Crippen LogP contribution in [0.25, 0.3) is 22.6 Å². The second-order valence-corrected chi connectivity index (χ2v) is 6.64. The molecule has 4 aromatic rings. The number of nitrogens with zero attached hydrogens (tertiary/aromatic N) is 3. The van der Waals surface area contributed by atoms with E-state index in [1.807, 2.05) is 25.1 Å². The quantitative estimate of drug-likeness (QED) is 0.238. The molecule has 0 radical (unpaired) electrons. The molecule has 0 amide bonds. The van der Waals surface area contributed by atoms with Gasteiger partial charge in [0.15, 0.2) is 5.58 Å². The average Bonchev–Trinajstić information content (AvgIpc) is 3.10. The number of oxazole rings is 1. The smallest absolute Gasteiger partial charge is 0.278 e. The number of hydrogen-bond donors (Lipinski definition) is 0. The summed E-state index contributed by atoms with van der Waals surface area (Å²) in [5.41, 5.74) is 4.10. The van der Waals surface area contributed by atoms with Crippen molar-refractivity contribution in [2.45, 2.75) is 6.92 Å². The van der Waals surface area contributed by atoms with Crippen molar-refractivity contribution in [3.63, 3.8) is 0 Å². The highest BCUT2D eigenvalue weighted by molar-refractivity contribution is 6.33. The summed E-state index contributed by atoms with van der Waals surface area (Å²) in [6.07, 6.45) is 1.46. The maximum atomic E-state index is 11.1. The van der Waals surface area contributed by atoms with Crippen LogP contribution in [0.15, 0.2) is 70.1 Å². The first kappa shape index (κ1) is 17.9. The molecular formula is C21H14ClN3O3. The molecule has 28 heavy (non-hydrogen) atoms. The minimum Gasteiger partial charge on any atom is -0.436 e. The Morgan fingerprint density at radius 2 is 1.96 bits per heavy atom. The molecule has 0 aliphatic rings. The minimum atomic E-state index is -0.436. The standard InChI is InChI=1S/C21H14ClN3O3/c1-13-6-9-20-18(10-13)24-21(28-20)16-11-15(7-8-17(16)22)23-12-14-4-2-3-5-19(14)25(26)27/h2-12H,1H3. The third kappa shape index (κ3) is 3.50. The number of rotatable bonds is 4. The average molecular weight is 392 g/mol. The Bertz CT molecular complexity index is 1230. The summed E-state index contributed by atoms with van der Waals surface area (Å²) in [6.45, 7) is 1.98. The zero-order valence-electron chi connectivity index (χ0n) is 14.8. The number of benzene rings is 3. The summed E-state index contributed by atoms with van der Waals surface area (Å²) in [5.74, 6) is 0.397. The number of fused-ring (bicyclic) bond motifs is 1. The molecule has 0 atom stereocenters. The molecular weight excluding hydrogens is 378 g/mol. The molecule has 4 rings (SSSR count). The van der Waals surface area contributed by atoms with E-state index in [-0.39, 0.29) is 5.69 Å². The Morgan fingerprint density at radius 1 is 1.14 bits per heavy atom. The van der Waals surface area contributed by atoms with Gasteiger partial charge in [-0.3, -0.25) is 15.1 Å². The van der Waals surface area contributed by atoms with Gasteiger partial charge in [-0.2, -0.15) is 0 Å². The Balaban J connectivity index is 1.72. The number of nitro benzene ring substituents is 1. The summed E-state index contributed by atoms with van der Waals surface area (Å²) in [6, 6.07) is 17.3. The van der Waals surface area contributed by atoms with Crippen molar-refractivity contribution in [3.05, 3.63) is 86.9 Å². The first-order valence-electron chi connectivity index (χ1n) is 8.46. The van der Waals surface area contributed by atoms with Crippen molar-refractivity contribution in [2.24, 2.45) is 4.99 Å². The first-order chi connectivity index (χ1) is 13.5. The molecule has 1 heterocycles. The van der Waals surface area contributed by atoms with Crippen LogP contribution in [0.2, 0.25) is 5.02 Å². The molecule has 0 unspecified atom stereocenters. The van der Waals surface area contributed by atoms with Gasteiger partial charge in [0, 0.05) is 12.3 Å². The van der Waals surface area contributed by atoms with Crippen molar-refractivity contribution in [3.8, 4) is 11.5 Å². The van der Waals surface area contributed by atoms with Gasteiger partial charge in [0.1, 0.15) is 5.52 Å². The molecule has 0 aliphatic carbocycles. The molecule has 0 fully saturated rings. The third-order valence-corrected chi connectivity index (χ3v) is 4.54. The highest BCUT2D eigenvalue weighted by atomic mass is 35.5. The summed E-state index contributed by atoms with van der Waals surface area (Å²) < 4.78 is 5.82. The van der Waals surface area contributed by atoms with Crippen molar-refractivity contribution in [1.29, 1.82) is 0 Å². The van der Waals surface area contributed by atoms with Crippen molar-refractivity contribution >= 4 is 40.3 Å². The van der Waals surface area contributed by atoms with E-state index >= 15 is 0 Å². The molecule has 7 heteroatoms. The van der Waals surface area contributed by atoms with E-state index in [1.165, 1.54) is 12.3 Å². The van der Waals surface area contributed by atoms with Crippen LogP contribution in [0.5, 0.6) is 0 Å². The van der Waals surface area contributed by atoms with E-state index in [0.29, 0.717) is 33.3 Å². The lowest BCUT2D eigenvalue weighted by Gasteiger charge is -2.01. The molecule has 0 saturated carbocycles. The predicted octanol–water partition coefficient (Wildman–Crippen LogP) is 6.12. The van der Waals surface area contributed by atoms with Gasteiger partial charge in [-0.15, -0.1) is 0 Å². The number of para-hydroxylation sites is 1. The van der Waals surface area contributed by atoms with Gasteiger partial charge in [0.2, 0.25) is 5.89 Å². The molecule has 0 N–H and O–H groups in total. The highest BCUT2D eigenvalue weighted by Gasteiger charge is 2.13. The lowest BCUT2D eigenvalue weighted by atomic mass is 10.2. The monoisotopic (exact) mass is 391 g/mol. The van der Waals surface area contributed by atoms with Gasteiger partial charge < -0.3 is 4.42 Å². The van der Waals surface area contributed by atoms with Gasteiger partial charge in [-0.1, -0.05) is 29.8 Å². The molecule has 0 saturated heterocycles. The molecule has 0 bridgehead atoms. The SMILES string of the molecule is Cc1ccc2oc(-c3cc(N=Cc4ccccc4[N+](=O)[O-])ccc3Cl)nc2c1. The fraction of sp³-hybridized carbons (Fsp3) is 0.0476. The summed E-state index contributed by atoms with van der Waals surface area (Å²) in [4.78, 5) is 19.6. The van der Waals surface area contributed by atoms with Gasteiger partial charge in [-0.05, 0) is 48.9 Å².